The number of rotatable bonds is 3. The second-order valence-corrected chi connectivity index (χ2v) is 8.39. The monoisotopic (exact) mass is 285 g/mol. The molecule has 2 unspecified atom stereocenters. The van der Waals surface area contributed by atoms with Crippen molar-refractivity contribution < 1.29 is 4.21 Å². The van der Waals surface area contributed by atoms with Crippen molar-refractivity contribution in [1.29, 1.82) is 0 Å². The van der Waals surface area contributed by atoms with E-state index in [0.29, 0.717) is 0 Å². The molecule has 1 aliphatic rings. The maximum Gasteiger partial charge on any atom is 0.101 e. The second-order valence-electron chi connectivity index (χ2n) is 5.79. The summed E-state index contributed by atoms with van der Waals surface area (Å²) < 4.78 is 14.3. The van der Waals surface area contributed by atoms with E-state index in [9.17, 15) is 4.21 Å². The van der Waals surface area contributed by atoms with E-state index in [2.05, 4.69) is 11.2 Å². The van der Waals surface area contributed by atoms with Gasteiger partial charge < -0.3 is 0 Å². The molecular weight excluding hydrogens is 266 g/mol. The predicted octanol–water partition coefficient (Wildman–Crippen LogP) is 3.72. The number of nitrogens with zero attached hydrogens (tertiary/aromatic N) is 1. The molecule has 0 aromatic heterocycles. The summed E-state index contributed by atoms with van der Waals surface area (Å²) in [6.45, 7) is 9.07. The van der Waals surface area contributed by atoms with Gasteiger partial charge in [-0.2, -0.15) is 0 Å². The zero-order chi connectivity index (χ0) is 13.6. The Labute approximate surface area is 117 Å². The minimum absolute atomic E-state index is 0.0528. The Hall–Kier alpha value is -0.380. The molecule has 2 rings (SSSR count). The van der Waals surface area contributed by atoms with Crippen molar-refractivity contribution in [3.05, 3.63) is 34.9 Å². The van der Waals surface area contributed by atoms with Crippen LogP contribution in [0, 0.1) is 0 Å². The largest absolute Gasteiger partial charge is 0.242 e. The fourth-order valence-corrected chi connectivity index (χ4v) is 3.91. The van der Waals surface area contributed by atoms with E-state index >= 15 is 0 Å². The van der Waals surface area contributed by atoms with Crippen molar-refractivity contribution in [3.63, 3.8) is 0 Å². The molecule has 0 saturated carbocycles. The van der Waals surface area contributed by atoms with E-state index in [1.54, 1.807) is 0 Å². The lowest BCUT2D eigenvalue weighted by molar-refractivity contribution is 0.522. The van der Waals surface area contributed by atoms with E-state index in [0.717, 1.165) is 18.0 Å². The molecule has 4 heteroatoms. The fraction of sp³-hybridized carbons (Fsp3) is 0.571. The van der Waals surface area contributed by atoms with Crippen molar-refractivity contribution in [2.45, 2.75) is 44.4 Å². The van der Waals surface area contributed by atoms with Gasteiger partial charge in [0.1, 0.15) is 11.0 Å². The van der Waals surface area contributed by atoms with Crippen LogP contribution in [0.1, 0.15) is 39.7 Å². The zero-order valence-electron chi connectivity index (χ0n) is 11.4. The molecule has 0 bridgehead atoms. The van der Waals surface area contributed by atoms with Crippen LogP contribution in [0.3, 0.4) is 0 Å². The highest BCUT2D eigenvalue weighted by Gasteiger charge is 2.56. The third-order valence-electron chi connectivity index (χ3n) is 3.47. The molecule has 0 radical (unpaired) electrons. The van der Waals surface area contributed by atoms with Crippen molar-refractivity contribution in [3.8, 4) is 0 Å². The first-order valence-corrected chi connectivity index (χ1v) is 7.75. The number of halogens is 1. The van der Waals surface area contributed by atoms with E-state index in [1.807, 2.05) is 45.0 Å². The van der Waals surface area contributed by atoms with E-state index in [1.165, 1.54) is 5.56 Å². The molecule has 1 fully saturated rings. The van der Waals surface area contributed by atoms with Crippen LogP contribution >= 0.6 is 11.6 Å². The average molecular weight is 286 g/mol. The van der Waals surface area contributed by atoms with Crippen LogP contribution < -0.4 is 0 Å². The smallest absolute Gasteiger partial charge is 0.101 e. The van der Waals surface area contributed by atoms with Crippen LogP contribution in [0.15, 0.2) is 24.3 Å². The lowest BCUT2D eigenvalue weighted by atomic mass is 9.97. The summed E-state index contributed by atoms with van der Waals surface area (Å²) in [4.78, 5) is 0. The van der Waals surface area contributed by atoms with Gasteiger partial charge in [-0.15, -0.1) is 0 Å². The summed E-state index contributed by atoms with van der Waals surface area (Å²) in [6.07, 6.45) is 0.969. The SMILES string of the molecule is CC[C@]1(c2ccc(Cl)cc2)CN1S(=O)C(C)(C)C. The normalized spacial score (nSPS) is 29.1. The quantitative estimate of drug-likeness (QED) is 0.775. The van der Waals surface area contributed by atoms with Crippen molar-refractivity contribution >= 4 is 22.6 Å². The Morgan fingerprint density at radius 1 is 1.33 bits per heavy atom. The minimum atomic E-state index is -0.953. The number of hydrogen-bond acceptors (Lipinski definition) is 1. The Morgan fingerprint density at radius 3 is 2.33 bits per heavy atom. The highest BCUT2D eigenvalue weighted by Crippen LogP contribution is 2.48. The number of benzene rings is 1. The highest BCUT2D eigenvalue weighted by molar-refractivity contribution is 7.84. The van der Waals surface area contributed by atoms with Gasteiger partial charge in [0.2, 0.25) is 0 Å². The van der Waals surface area contributed by atoms with Crippen LogP contribution in [-0.4, -0.2) is 19.8 Å². The average Bonchev–Trinajstić information content (AvgIpc) is 3.03. The summed E-state index contributed by atoms with van der Waals surface area (Å²) in [5.41, 5.74) is 1.16. The molecule has 2 nitrogen and oxygen atoms in total. The van der Waals surface area contributed by atoms with Gasteiger partial charge in [-0.25, -0.2) is 8.51 Å². The van der Waals surface area contributed by atoms with Crippen LogP contribution in [0.4, 0.5) is 0 Å². The Balaban J connectivity index is 2.26. The first-order chi connectivity index (χ1) is 8.31. The van der Waals surface area contributed by atoms with Crippen molar-refractivity contribution in [2.75, 3.05) is 6.54 Å². The van der Waals surface area contributed by atoms with Gasteiger partial charge >= 0.3 is 0 Å². The standard InChI is InChI=1S/C14H20ClNOS/c1-5-14(11-6-8-12(15)9-7-11)10-16(14)18(17)13(2,3)4/h6-9H,5,10H2,1-4H3/t14-,16?,18?/m1/s1. The third kappa shape index (κ3) is 2.36. The third-order valence-corrected chi connectivity index (χ3v) is 5.65. The van der Waals surface area contributed by atoms with Gasteiger partial charge in [-0.3, -0.25) is 0 Å². The van der Waals surface area contributed by atoms with Crippen LogP contribution in [0.2, 0.25) is 5.02 Å². The van der Waals surface area contributed by atoms with Crippen LogP contribution in [0.25, 0.3) is 0 Å². The number of hydrogen-bond donors (Lipinski definition) is 0. The zero-order valence-corrected chi connectivity index (χ0v) is 12.9. The minimum Gasteiger partial charge on any atom is -0.242 e. The first-order valence-electron chi connectivity index (χ1n) is 6.27. The van der Waals surface area contributed by atoms with E-state index in [4.69, 9.17) is 11.6 Å². The molecule has 100 valence electrons. The van der Waals surface area contributed by atoms with Gasteiger partial charge in [0.05, 0.1) is 10.3 Å². The Kier molecular flexibility index (Phi) is 3.60. The molecule has 1 aromatic carbocycles. The fourth-order valence-electron chi connectivity index (χ4n) is 2.24. The predicted molar refractivity (Wildman–Crippen MR) is 78.0 cm³/mol. The molecule has 1 aromatic rings. The molecule has 0 N–H and O–H groups in total. The lowest BCUT2D eigenvalue weighted by Gasteiger charge is -2.23. The molecule has 18 heavy (non-hydrogen) atoms. The van der Waals surface area contributed by atoms with Crippen molar-refractivity contribution in [2.24, 2.45) is 0 Å². The van der Waals surface area contributed by atoms with Gasteiger partial charge in [0.25, 0.3) is 0 Å². The molecular formula is C14H20ClNOS. The summed E-state index contributed by atoms with van der Waals surface area (Å²) >= 11 is 5.92. The lowest BCUT2D eigenvalue weighted by Crippen LogP contribution is -2.30. The van der Waals surface area contributed by atoms with E-state index in [-0.39, 0.29) is 10.3 Å². The molecule has 1 aliphatic heterocycles. The highest BCUT2D eigenvalue weighted by atomic mass is 35.5. The van der Waals surface area contributed by atoms with Crippen LogP contribution in [-0.2, 0) is 16.5 Å². The van der Waals surface area contributed by atoms with E-state index < -0.39 is 11.0 Å². The summed E-state index contributed by atoms with van der Waals surface area (Å²) in [5.74, 6) is 0. The first kappa shape index (κ1) is 14.0. The van der Waals surface area contributed by atoms with Gasteiger partial charge in [0.15, 0.2) is 0 Å². The molecule has 3 atom stereocenters. The topological polar surface area (TPSA) is 20.1 Å². The van der Waals surface area contributed by atoms with Crippen LogP contribution in [0.5, 0.6) is 0 Å². The summed E-state index contributed by atoms with van der Waals surface area (Å²) in [6, 6.07) is 7.91. The Bertz CT molecular complexity index is 466. The summed E-state index contributed by atoms with van der Waals surface area (Å²) in [5, 5.41) is 0.745. The van der Waals surface area contributed by atoms with Gasteiger partial charge in [0, 0.05) is 11.6 Å². The maximum absolute atomic E-state index is 12.5. The summed E-state index contributed by atoms with van der Waals surface area (Å²) in [7, 11) is -0.953. The maximum atomic E-state index is 12.5. The molecule has 0 spiro atoms. The molecule has 1 saturated heterocycles. The van der Waals surface area contributed by atoms with Gasteiger partial charge in [-0.05, 0) is 44.9 Å². The Morgan fingerprint density at radius 2 is 1.89 bits per heavy atom. The molecule has 1 heterocycles. The van der Waals surface area contributed by atoms with Gasteiger partial charge in [-0.1, -0.05) is 30.7 Å². The molecule has 0 amide bonds. The van der Waals surface area contributed by atoms with Crippen molar-refractivity contribution in [1.82, 2.24) is 4.31 Å². The molecule has 0 aliphatic carbocycles. The second kappa shape index (κ2) is 4.62.